The SMILES string of the molecule is CC[C@H](C)n1c(CO)ccc1CCOC. The molecular formula is C12H21NO2. The van der Waals surface area contributed by atoms with Gasteiger partial charge in [-0.15, -0.1) is 0 Å². The molecule has 15 heavy (non-hydrogen) atoms. The predicted octanol–water partition coefficient (Wildman–Crippen LogP) is 2.14. The molecule has 0 fully saturated rings. The molecule has 3 nitrogen and oxygen atoms in total. The van der Waals surface area contributed by atoms with Gasteiger partial charge in [0.15, 0.2) is 0 Å². The lowest BCUT2D eigenvalue weighted by atomic mass is 10.2. The molecule has 3 heteroatoms. The Morgan fingerprint density at radius 2 is 2.07 bits per heavy atom. The van der Waals surface area contributed by atoms with Crippen LogP contribution in [0.4, 0.5) is 0 Å². The van der Waals surface area contributed by atoms with Crippen LogP contribution >= 0.6 is 0 Å². The number of hydrogen-bond acceptors (Lipinski definition) is 2. The topological polar surface area (TPSA) is 34.4 Å². The van der Waals surface area contributed by atoms with Gasteiger partial charge >= 0.3 is 0 Å². The number of ether oxygens (including phenoxy) is 1. The van der Waals surface area contributed by atoms with Crippen molar-refractivity contribution in [3.63, 3.8) is 0 Å². The molecule has 0 spiro atoms. The van der Waals surface area contributed by atoms with Crippen LogP contribution in [0.25, 0.3) is 0 Å². The van der Waals surface area contributed by atoms with Gasteiger partial charge in [0.05, 0.1) is 13.2 Å². The van der Waals surface area contributed by atoms with E-state index in [9.17, 15) is 5.11 Å². The molecule has 0 saturated heterocycles. The third-order valence-electron chi connectivity index (χ3n) is 2.84. The zero-order valence-electron chi connectivity index (χ0n) is 9.86. The molecule has 1 aromatic heterocycles. The second-order valence-electron chi connectivity index (χ2n) is 3.84. The van der Waals surface area contributed by atoms with Gasteiger partial charge in [-0.1, -0.05) is 6.92 Å². The molecule has 0 aliphatic heterocycles. The molecule has 0 unspecified atom stereocenters. The molecular weight excluding hydrogens is 190 g/mol. The van der Waals surface area contributed by atoms with E-state index in [0.717, 1.165) is 25.1 Å². The van der Waals surface area contributed by atoms with Crippen LogP contribution in [0.5, 0.6) is 0 Å². The zero-order chi connectivity index (χ0) is 11.3. The summed E-state index contributed by atoms with van der Waals surface area (Å²) >= 11 is 0. The zero-order valence-corrected chi connectivity index (χ0v) is 9.86. The van der Waals surface area contributed by atoms with E-state index in [1.54, 1.807) is 7.11 Å². The summed E-state index contributed by atoms with van der Waals surface area (Å²) in [5.41, 5.74) is 2.24. The fourth-order valence-corrected chi connectivity index (χ4v) is 1.83. The van der Waals surface area contributed by atoms with Gasteiger partial charge < -0.3 is 14.4 Å². The van der Waals surface area contributed by atoms with E-state index in [1.165, 1.54) is 5.69 Å². The molecule has 1 N–H and O–H groups in total. The monoisotopic (exact) mass is 211 g/mol. The van der Waals surface area contributed by atoms with Gasteiger partial charge in [0.2, 0.25) is 0 Å². The molecule has 0 aromatic carbocycles. The minimum atomic E-state index is 0.108. The minimum absolute atomic E-state index is 0.108. The molecule has 1 atom stereocenters. The van der Waals surface area contributed by atoms with Gasteiger partial charge in [-0.25, -0.2) is 0 Å². The number of aliphatic hydroxyl groups is 1. The number of nitrogens with zero attached hydrogens (tertiary/aromatic N) is 1. The molecule has 0 radical (unpaired) electrons. The Morgan fingerprint density at radius 1 is 1.40 bits per heavy atom. The summed E-state index contributed by atoms with van der Waals surface area (Å²) in [5, 5.41) is 9.25. The maximum atomic E-state index is 9.25. The van der Waals surface area contributed by atoms with Gasteiger partial charge in [0, 0.05) is 31.0 Å². The average Bonchev–Trinajstić information content (AvgIpc) is 2.68. The van der Waals surface area contributed by atoms with Crippen LogP contribution in [0, 0.1) is 0 Å². The Kier molecular flexibility index (Phi) is 4.85. The second kappa shape index (κ2) is 5.93. The van der Waals surface area contributed by atoms with Crippen molar-refractivity contribution in [2.45, 2.75) is 39.3 Å². The highest BCUT2D eigenvalue weighted by atomic mass is 16.5. The van der Waals surface area contributed by atoms with Gasteiger partial charge in [0.25, 0.3) is 0 Å². The molecule has 0 aliphatic carbocycles. The summed E-state index contributed by atoms with van der Waals surface area (Å²) < 4.78 is 7.30. The lowest BCUT2D eigenvalue weighted by Gasteiger charge is -2.18. The van der Waals surface area contributed by atoms with Crippen LogP contribution in [0.15, 0.2) is 12.1 Å². The minimum Gasteiger partial charge on any atom is -0.390 e. The normalized spacial score (nSPS) is 13.1. The van der Waals surface area contributed by atoms with Gasteiger partial charge in [-0.2, -0.15) is 0 Å². The average molecular weight is 211 g/mol. The smallest absolute Gasteiger partial charge is 0.0833 e. The first-order valence-corrected chi connectivity index (χ1v) is 5.53. The lowest BCUT2D eigenvalue weighted by Crippen LogP contribution is -2.12. The third kappa shape index (κ3) is 2.83. The maximum absolute atomic E-state index is 9.25. The van der Waals surface area contributed by atoms with Crippen molar-refractivity contribution in [3.8, 4) is 0 Å². The number of aliphatic hydroxyl groups excluding tert-OH is 1. The highest BCUT2D eigenvalue weighted by Crippen LogP contribution is 2.19. The van der Waals surface area contributed by atoms with E-state index in [-0.39, 0.29) is 6.61 Å². The Hall–Kier alpha value is -0.800. The Morgan fingerprint density at radius 3 is 2.60 bits per heavy atom. The second-order valence-corrected chi connectivity index (χ2v) is 3.84. The van der Waals surface area contributed by atoms with Gasteiger partial charge in [-0.3, -0.25) is 0 Å². The summed E-state index contributed by atoms with van der Waals surface area (Å²) in [6.45, 7) is 5.17. The van der Waals surface area contributed by atoms with Crippen molar-refractivity contribution in [1.29, 1.82) is 0 Å². The summed E-state index contributed by atoms with van der Waals surface area (Å²) in [6.07, 6.45) is 1.97. The van der Waals surface area contributed by atoms with E-state index in [0.29, 0.717) is 6.04 Å². The Labute approximate surface area is 91.7 Å². The van der Waals surface area contributed by atoms with Crippen molar-refractivity contribution < 1.29 is 9.84 Å². The molecule has 0 aliphatic rings. The molecule has 1 heterocycles. The Balaban J connectivity index is 2.89. The quantitative estimate of drug-likeness (QED) is 0.782. The summed E-state index contributed by atoms with van der Waals surface area (Å²) in [5.74, 6) is 0. The highest BCUT2D eigenvalue weighted by molar-refractivity contribution is 5.17. The highest BCUT2D eigenvalue weighted by Gasteiger charge is 2.11. The van der Waals surface area contributed by atoms with E-state index >= 15 is 0 Å². The fraction of sp³-hybridized carbons (Fsp3) is 0.667. The molecule has 0 bridgehead atoms. The number of aromatic nitrogens is 1. The summed E-state index contributed by atoms with van der Waals surface area (Å²) in [7, 11) is 1.71. The van der Waals surface area contributed by atoms with Crippen LogP contribution in [0.1, 0.15) is 37.7 Å². The van der Waals surface area contributed by atoms with Crippen molar-refractivity contribution in [3.05, 3.63) is 23.5 Å². The van der Waals surface area contributed by atoms with Gasteiger partial charge in [-0.05, 0) is 25.5 Å². The lowest BCUT2D eigenvalue weighted by molar-refractivity contribution is 0.199. The first-order chi connectivity index (χ1) is 7.24. The molecule has 0 amide bonds. The molecule has 86 valence electrons. The van der Waals surface area contributed by atoms with E-state index in [1.807, 2.05) is 6.07 Å². The Bertz CT molecular complexity index is 294. The first kappa shape index (κ1) is 12.3. The fourth-order valence-electron chi connectivity index (χ4n) is 1.83. The van der Waals surface area contributed by atoms with Crippen LogP contribution in [0.3, 0.4) is 0 Å². The van der Waals surface area contributed by atoms with E-state index in [2.05, 4.69) is 24.5 Å². The van der Waals surface area contributed by atoms with Crippen LogP contribution in [0.2, 0.25) is 0 Å². The third-order valence-corrected chi connectivity index (χ3v) is 2.84. The summed E-state index contributed by atoms with van der Waals surface area (Å²) in [6, 6.07) is 4.52. The number of methoxy groups -OCH3 is 1. The standard InChI is InChI=1S/C12H21NO2/c1-4-10(2)13-11(7-8-15-3)5-6-12(13)9-14/h5-6,10,14H,4,7-9H2,1-3H3/t10-/m0/s1. The van der Waals surface area contributed by atoms with Crippen molar-refractivity contribution in [2.75, 3.05) is 13.7 Å². The number of hydrogen-bond donors (Lipinski definition) is 1. The van der Waals surface area contributed by atoms with Crippen LogP contribution in [-0.2, 0) is 17.8 Å². The van der Waals surface area contributed by atoms with Crippen molar-refractivity contribution >= 4 is 0 Å². The summed E-state index contributed by atoms with van der Waals surface area (Å²) in [4.78, 5) is 0. The molecule has 1 rings (SSSR count). The maximum Gasteiger partial charge on any atom is 0.0833 e. The number of rotatable bonds is 6. The van der Waals surface area contributed by atoms with Crippen molar-refractivity contribution in [1.82, 2.24) is 4.57 Å². The van der Waals surface area contributed by atoms with Crippen molar-refractivity contribution in [2.24, 2.45) is 0 Å². The van der Waals surface area contributed by atoms with Crippen LogP contribution < -0.4 is 0 Å². The molecule has 0 saturated carbocycles. The van der Waals surface area contributed by atoms with E-state index < -0.39 is 0 Å². The first-order valence-electron chi connectivity index (χ1n) is 5.53. The molecule has 1 aromatic rings. The predicted molar refractivity (Wildman–Crippen MR) is 60.9 cm³/mol. The van der Waals surface area contributed by atoms with E-state index in [4.69, 9.17) is 4.74 Å². The van der Waals surface area contributed by atoms with Crippen LogP contribution in [-0.4, -0.2) is 23.4 Å². The largest absolute Gasteiger partial charge is 0.390 e. The van der Waals surface area contributed by atoms with Gasteiger partial charge in [0.1, 0.15) is 0 Å².